The van der Waals surface area contributed by atoms with Crippen LogP contribution in [0.5, 0.6) is 0 Å². The molecule has 0 spiro atoms. The summed E-state index contributed by atoms with van der Waals surface area (Å²) in [7, 11) is 1.29. The predicted molar refractivity (Wildman–Crippen MR) is 68.3 cm³/mol. The van der Waals surface area contributed by atoms with Gasteiger partial charge in [-0.1, -0.05) is 18.2 Å². The maximum absolute atomic E-state index is 11.3. The smallest absolute Gasteiger partial charge is 0.373 e. The number of rotatable bonds is 4. The van der Waals surface area contributed by atoms with E-state index in [-0.39, 0.29) is 12.3 Å². The van der Waals surface area contributed by atoms with Crippen LogP contribution < -0.4 is 4.90 Å². The number of benzene rings is 1. The van der Waals surface area contributed by atoms with Crippen LogP contribution in [-0.4, -0.2) is 13.1 Å². The number of ether oxygens (including phenoxy) is 1. The number of carbonyl (C=O) groups is 1. The highest BCUT2D eigenvalue weighted by molar-refractivity contribution is 5.86. The summed E-state index contributed by atoms with van der Waals surface area (Å²) in [6.07, 6.45) is 2.08. The van der Waals surface area contributed by atoms with Crippen LogP contribution in [0.2, 0.25) is 0 Å². The fraction of sp³-hybridized carbons (Fsp3) is 0.143. The molecule has 96 valence electrons. The van der Waals surface area contributed by atoms with E-state index < -0.39 is 5.97 Å². The van der Waals surface area contributed by atoms with Crippen LogP contribution in [-0.2, 0) is 11.3 Å². The fourth-order valence-corrected chi connectivity index (χ4v) is 1.62. The first-order chi connectivity index (χ1) is 9.24. The molecule has 5 nitrogen and oxygen atoms in total. The van der Waals surface area contributed by atoms with Crippen molar-refractivity contribution in [3.63, 3.8) is 0 Å². The molecule has 2 aromatic rings. The standard InChI is InChI=1S/C14H12N2O3/c1-18-14(17)13-8-7-12(19-13)9-16(10-15)11-5-3-2-4-6-11/h2-8H,9H2,1H3. The van der Waals surface area contributed by atoms with E-state index in [0.29, 0.717) is 5.76 Å². The van der Waals surface area contributed by atoms with E-state index in [1.54, 1.807) is 6.07 Å². The first-order valence-corrected chi connectivity index (χ1v) is 5.64. The molecule has 0 saturated heterocycles. The van der Waals surface area contributed by atoms with Crippen molar-refractivity contribution < 1.29 is 13.9 Å². The highest BCUT2D eigenvalue weighted by Crippen LogP contribution is 2.17. The van der Waals surface area contributed by atoms with E-state index in [1.807, 2.05) is 30.3 Å². The van der Waals surface area contributed by atoms with Gasteiger partial charge in [0.05, 0.1) is 19.3 Å². The van der Waals surface area contributed by atoms with Crippen LogP contribution in [0, 0.1) is 11.5 Å². The molecule has 0 fully saturated rings. The molecule has 0 radical (unpaired) electrons. The van der Waals surface area contributed by atoms with Crippen LogP contribution in [0.25, 0.3) is 0 Å². The Morgan fingerprint density at radius 1 is 1.32 bits per heavy atom. The molecule has 2 rings (SSSR count). The summed E-state index contributed by atoms with van der Waals surface area (Å²) in [6, 6.07) is 12.4. The number of esters is 1. The fourth-order valence-electron chi connectivity index (χ4n) is 1.62. The molecule has 0 saturated carbocycles. The number of nitrogens with zero attached hydrogens (tertiary/aromatic N) is 2. The Morgan fingerprint density at radius 3 is 2.68 bits per heavy atom. The van der Waals surface area contributed by atoms with Crippen LogP contribution in [0.4, 0.5) is 5.69 Å². The molecule has 0 aliphatic heterocycles. The summed E-state index contributed by atoms with van der Waals surface area (Å²) < 4.78 is 9.88. The van der Waals surface area contributed by atoms with Gasteiger partial charge in [0.15, 0.2) is 6.19 Å². The van der Waals surface area contributed by atoms with E-state index >= 15 is 0 Å². The molecule has 1 aromatic carbocycles. The number of furan rings is 1. The molecule has 0 aliphatic carbocycles. The average molecular weight is 256 g/mol. The summed E-state index contributed by atoms with van der Waals surface area (Å²) in [5.74, 6) is 0.115. The third-order valence-corrected chi connectivity index (χ3v) is 2.55. The van der Waals surface area contributed by atoms with Gasteiger partial charge < -0.3 is 9.15 Å². The number of carbonyl (C=O) groups excluding carboxylic acids is 1. The van der Waals surface area contributed by atoms with Crippen molar-refractivity contribution in [2.75, 3.05) is 12.0 Å². The van der Waals surface area contributed by atoms with E-state index in [2.05, 4.69) is 10.9 Å². The Kier molecular flexibility index (Phi) is 3.84. The number of methoxy groups -OCH3 is 1. The topological polar surface area (TPSA) is 66.5 Å². The SMILES string of the molecule is COC(=O)c1ccc(CN(C#N)c2ccccc2)o1. The van der Waals surface area contributed by atoms with Gasteiger partial charge in [0.1, 0.15) is 5.76 Å². The Labute approximate surface area is 110 Å². The van der Waals surface area contributed by atoms with Crippen molar-refractivity contribution >= 4 is 11.7 Å². The van der Waals surface area contributed by atoms with Crippen molar-refractivity contribution in [2.24, 2.45) is 0 Å². The average Bonchev–Trinajstić information content (AvgIpc) is 2.93. The monoisotopic (exact) mass is 256 g/mol. The molecule has 5 heteroatoms. The third-order valence-electron chi connectivity index (χ3n) is 2.55. The van der Waals surface area contributed by atoms with Crippen molar-refractivity contribution in [1.82, 2.24) is 0 Å². The molecule has 1 heterocycles. The minimum absolute atomic E-state index is 0.128. The Hall–Kier alpha value is -2.74. The number of hydrogen-bond donors (Lipinski definition) is 0. The van der Waals surface area contributed by atoms with Gasteiger partial charge in [0.2, 0.25) is 5.76 Å². The van der Waals surface area contributed by atoms with Gasteiger partial charge in [-0.3, -0.25) is 4.90 Å². The second kappa shape index (κ2) is 5.74. The molecular formula is C14H12N2O3. The normalized spacial score (nSPS) is 9.68. The van der Waals surface area contributed by atoms with Crippen LogP contribution in [0.1, 0.15) is 16.3 Å². The number of hydrogen-bond acceptors (Lipinski definition) is 5. The summed E-state index contributed by atoms with van der Waals surface area (Å²) in [5.41, 5.74) is 0.765. The van der Waals surface area contributed by atoms with Gasteiger partial charge in [0, 0.05) is 0 Å². The molecule has 0 amide bonds. The molecule has 0 aliphatic rings. The van der Waals surface area contributed by atoms with Crippen molar-refractivity contribution in [1.29, 1.82) is 5.26 Å². The van der Waals surface area contributed by atoms with E-state index in [4.69, 9.17) is 9.68 Å². The lowest BCUT2D eigenvalue weighted by Gasteiger charge is -2.13. The summed E-state index contributed by atoms with van der Waals surface area (Å²) >= 11 is 0. The second-order valence-corrected chi connectivity index (χ2v) is 3.78. The van der Waals surface area contributed by atoms with Crippen molar-refractivity contribution in [2.45, 2.75) is 6.54 Å². The van der Waals surface area contributed by atoms with Gasteiger partial charge in [-0.25, -0.2) is 4.79 Å². The van der Waals surface area contributed by atoms with Crippen LogP contribution >= 0.6 is 0 Å². The van der Waals surface area contributed by atoms with Crippen molar-refractivity contribution in [3.05, 3.63) is 54.0 Å². The third kappa shape index (κ3) is 2.93. The highest BCUT2D eigenvalue weighted by atomic mass is 16.5. The Bertz CT molecular complexity index is 599. The molecule has 0 atom stereocenters. The van der Waals surface area contributed by atoms with Gasteiger partial charge in [-0.15, -0.1) is 0 Å². The number of anilines is 1. The Balaban J connectivity index is 2.14. The van der Waals surface area contributed by atoms with E-state index in [9.17, 15) is 4.79 Å². The summed E-state index contributed by atoms with van der Waals surface area (Å²) in [5, 5.41) is 9.15. The molecular weight excluding hydrogens is 244 g/mol. The largest absolute Gasteiger partial charge is 0.463 e. The minimum atomic E-state index is -0.533. The van der Waals surface area contributed by atoms with Crippen LogP contribution in [0.3, 0.4) is 0 Å². The zero-order valence-electron chi connectivity index (χ0n) is 10.4. The summed E-state index contributed by atoms with van der Waals surface area (Å²) in [6.45, 7) is 0.261. The molecule has 0 bridgehead atoms. The second-order valence-electron chi connectivity index (χ2n) is 3.78. The zero-order valence-corrected chi connectivity index (χ0v) is 10.4. The summed E-state index contributed by atoms with van der Waals surface area (Å²) in [4.78, 5) is 12.7. The lowest BCUT2D eigenvalue weighted by molar-refractivity contribution is 0.0563. The van der Waals surface area contributed by atoms with Gasteiger partial charge >= 0.3 is 5.97 Å². The first kappa shape index (κ1) is 12.7. The number of para-hydroxylation sites is 1. The maximum atomic E-state index is 11.3. The Morgan fingerprint density at radius 2 is 2.05 bits per heavy atom. The van der Waals surface area contributed by atoms with E-state index in [1.165, 1.54) is 18.1 Å². The van der Waals surface area contributed by atoms with Gasteiger partial charge in [-0.05, 0) is 24.3 Å². The number of nitriles is 1. The first-order valence-electron chi connectivity index (χ1n) is 5.64. The maximum Gasteiger partial charge on any atom is 0.373 e. The molecule has 0 unspecified atom stereocenters. The lowest BCUT2D eigenvalue weighted by Crippen LogP contribution is -2.15. The lowest BCUT2D eigenvalue weighted by atomic mass is 10.3. The predicted octanol–water partition coefficient (Wildman–Crippen LogP) is 2.55. The quantitative estimate of drug-likeness (QED) is 0.478. The zero-order chi connectivity index (χ0) is 13.7. The molecule has 19 heavy (non-hydrogen) atoms. The minimum Gasteiger partial charge on any atom is -0.463 e. The van der Waals surface area contributed by atoms with Crippen molar-refractivity contribution in [3.8, 4) is 6.19 Å². The van der Waals surface area contributed by atoms with Gasteiger partial charge in [0.25, 0.3) is 0 Å². The van der Waals surface area contributed by atoms with Gasteiger partial charge in [-0.2, -0.15) is 5.26 Å². The molecule has 0 N–H and O–H groups in total. The molecule has 1 aromatic heterocycles. The highest BCUT2D eigenvalue weighted by Gasteiger charge is 2.13. The van der Waals surface area contributed by atoms with E-state index in [0.717, 1.165) is 5.69 Å². The van der Waals surface area contributed by atoms with Crippen LogP contribution in [0.15, 0.2) is 46.9 Å².